The molecule has 0 saturated carbocycles. The first kappa shape index (κ1) is 21.1. The number of nitrogens with zero attached hydrogens (tertiary/aromatic N) is 3. The highest BCUT2D eigenvalue weighted by Gasteiger charge is 2.40. The number of nitrogens with one attached hydrogen (secondary N) is 2. The molecule has 1 aliphatic rings. The molecule has 3 rings (SSSR count). The van der Waals surface area contributed by atoms with Crippen LogP contribution in [0.1, 0.15) is 10.4 Å². The Bertz CT molecular complexity index is 1080. The molecule has 12 heteroatoms. The molecule has 12 nitrogen and oxygen atoms in total. The van der Waals surface area contributed by atoms with Crippen molar-refractivity contribution < 1.29 is 28.8 Å². The van der Waals surface area contributed by atoms with Gasteiger partial charge in [0.15, 0.2) is 5.92 Å². The van der Waals surface area contributed by atoms with E-state index >= 15 is 0 Å². The minimum atomic E-state index is -1.46. The third-order valence-electron chi connectivity index (χ3n) is 4.26. The second-order valence-corrected chi connectivity index (χ2v) is 6.17. The number of barbiturate groups is 1. The summed E-state index contributed by atoms with van der Waals surface area (Å²) < 4.78 is 5.03. The lowest BCUT2D eigenvalue weighted by Gasteiger charge is -2.28. The molecule has 1 fully saturated rings. The number of non-ortho nitro benzene ring substituents is 1. The number of rotatable bonds is 6. The van der Waals surface area contributed by atoms with E-state index in [0.717, 1.165) is 23.2 Å². The van der Waals surface area contributed by atoms with Crippen molar-refractivity contribution in [1.29, 1.82) is 0 Å². The molecule has 0 unspecified atom stereocenters. The van der Waals surface area contributed by atoms with Crippen LogP contribution in [0.3, 0.4) is 0 Å². The van der Waals surface area contributed by atoms with E-state index < -0.39 is 34.6 Å². The Balaban J connectivity index is 1.71. The number of amides is 5. The fraction of sp³-hybridized carbons (Fsp3) is 0.105. The molecule has 1 aliphatic heterocycles. The van der Waals surface area contributed by atoms with Crippen LogP contribution in [0.2, 0.25) is 0 Å². The van der Waals surface area contributed by atoms with E-state index in [0.29, 0.717) is 5.75 Å². The fourth-order valence-electron chi connectivity index (χ4n) is 2.67. The number of nitro groups is 1. The molecule has 1 saturated heterocycles. The molecular formula is C19H15N5O7. The van der Waals surface area contributed by atoms with Crippen molar-refractivity contribution in [3.05, 3.63) is 64.2 Å². The Morgan fingerprint density at radius 2 is 1.81 bits per heavy atom. The van der Waals surface area contributed by atoms with Crippen LogP contribution in [0.15, 0.2) is 53.6 Å². The number of imide groups is 2. The van der Waals surface area contributed by atoms with Gasteiger partial charge in [0.2, 0.25) is 5.91 Å². The van der Waals surface area contributed by atoms with E-state index in [-0.39, 0.29) is 16.9 Å². The predicted octanol–water partition coefficient (Wildman–Crippen LogP) is 1.22. The van der Waals surface area contributed by atoms with Gasteiger partial charge in [-0.05, 0) is 36.4 Å². The van der Waals surface area contributed by atoms with E-state index in [1.54, 1.807) is 12.1 Å². The van der Waals surface area contributed by atoms with Crippen LogP contribution in [0.25, 0.3) is 0 Å². The number of methoxy groups -OCH3 is 1. The Morgan fingerprint density at radius 1 is 1.16 bits per heavy atom. The molecule has 2 aromatic carbocycles. The van der Waals surface area contributed by atoms with Gasteiger partial charge in [0.1, 0.15) is 5.75 Å². The van der Waals surface area contributed by atoms with Gasteiger partial charge in [-0.3, -0.25) is 29.8 Å². The van der Waals surface area contributed by atoms with Crippen LogP contribution >= 0.6 is 0 Å². The topological polar surface area (TPSA) is 160 Å². The van der Waals surface area contributed by atoms with E-state index in [1.165, 1.54) is 31.4 Å². The molecule has 1 atom stereocenters. The minimum absolute atomic E-state index is 0.0807. The second kappa shape index (κ2) is 8.82. The van der Waals surface area contributed by atoms with Gasteiger partial charge in [-0.25, -0.2) is 15.1 Å². The van der Waals surface area contributed by atoms with E-state index in [1.807, 2.05) is 0 Å². The number of nitro benzene ring substituents is 1. The first-order valence-electron chi connectivity index (χ1n) is 8.72. The monoisotopic (exact) mass is 425 g/mol. The maximum atomic E-state index is 12.7. The Morgan fingerprint density at radius 3 is 2.39 bits per heavy atom. The van der Waals surface area contributed by atoms with Gasteiger partial charge in [0.25, 0.3) is 17.5 Å². The molecule has 0 bridgehead atoms. The number of carbonyl (C=O) groups excluding carboxylic acids is 4. The number of benzene rings is 2. The summed E-state index contributed by atoms with van der Waals surface area (Å²) in [6, 6.07) is 9.86. The highest BCUT2D eigenvalue weighted by Crippen LogP contribution is 2.23. The number of hydrazone groups is 1. The highest BCUT2D eigenvalue weighted by molar-refractivity contribution is 6.32. The van der Waals surface area contributed by atoms with Crippen molar-refractivity contribution in [2.24, 2.45) is 11.0 Å². The lowest BCUT2D eigenvalue weighted by atomic mass is 10.1. The van der Waals surface area contributed by atoms with Crippen molar-refractivity contribution in [3.63, 3.8) is 0 Å². The third kappa shape index (κ3) is 4.53. The summed E-state index contributed by atoms with van der Waals surface area (Å²) >= 11 is 0. The summed E-state index contributed by atoms with van der Waals surface area (Å²) in [4.78, 5) is 59.8. The van der Waals surface area contributed by atoms with Gasteiger partial charge >= 0.3 is 6.03 Å². The molecule has 0 aromatic heterocycles. The molecule has 158 valence electrons. The van der Waals surface area contributed by atoms with Crippen molar-refractivity contribution in [2.75, 3.05) is 12.0 Å². The lowest BCUT2D eigenvalue weighted by Crippen LogP contribution is -2.58. The maximum Gasteiger partial charge on any atom is 0.335 e. The summed E-state index contributed by atoms with van der Waals surface area (Å²) in [5, 5.41) is 16.3. The Kier molecular flexibility index (Phi) is 6.00. The van der Waals surface area contributed by atoms with Gasteiger partial charge in [0, 0.05) is 23.9 Å². The zero-order chi connectivity index (χ0) is 22.5. The number of carbonyl (C=O) groups is 4. The van der Waals surface area contributed by atoms with Crippen molar-refractivity contribution in [1.82, 2.24) is 10.7 Å². The van der Waals surface area contributed by atoms with Crippen molar-refractivity contribution in [3.8, 4) is 5.75 Å². The fourth-order valence-corrected chi connectivity index (χ4v) is 2.67. The predicted molar refractivity (Wildman–Crippen MR) is 107 cm³/mol. The van der Waals surface area contributed by atoms with Gasteiger partial charge in [-0.1, -0.05) is 0 Å². The summed E-state index contributed by atoms with van der Waals surface area (Å²) in [5.74, 6) is -3.41. The minimum Gasteiger partial charge on any atom is -0.497 e. The van der Waals surface area contributed by atoms with Gasteiger partial charge in [0.05, 0.1) is 17.7 Å². The molecule has 5 amide bonds. The average molecular weight is 425 g/mol. The zero-order valence-electron chi connectivity index (χ0n) is 16.0. The number of anilines is 1. The van der Waals surface area contributed by atoms with Crippen molar-refractivity contribution in [2.45, 2.75) is 0 Å². The smallest absolute Gasteiger partial charge is 0.335 e. The van der Waals surface area contributed by atoms with Crippen LogP contribution in [-0.2, 0) is 9.59 Å². The molecule has 2 N–H and O–H groups in total. The van der Waals surface area contributed by atoms with E-state index in [9.17, 15) is 29.3 Å². The molecule has 0 radical (unpaired) electrons. The van der Waals surface area contributed by atoms with E-state index in [4.69, 9.17) is 4.74 Å². The standard InChI is InChI=1S/C19H15N5O7/c1-31-14-8-6-12(7-9-14)23-18(27)15(17(26)21-19(23)28)10-20-22-16(25)11-2-4-13(5-3-11)24(29)30/h2-10,15H,1H3,(H,22,25)(H,21,26,28)/b20-10-/t15-/m1/s1. The summed E-state index contributed by atoms with van der Waals surface area (Å²) in [7, 11) is 1.46. The zero-order valence-corrected chi connectivity index (χ0v) is 16.0. The molecule has 1 heterocycles. The van der Waals surface area contributed by atoms with Crippen LogP contribution in [-0.4, -0.2) is 42.0 Å². The van der Waals surface area contributed by atoms with Crippen molar-refractivity contribution >= 4 is 41.3 Å². The first-order valence-corrected chi connectivity index (χ1v) is 8.72. The Labute approximate surface area is 174 Å². The van der Waals surface area contributed by atoms with Gasteiger partial charge in [-0.15, -0.1) is 0 Å². The molecule has 31 heavy (non-hydrogen) atoms. The Hall–Kier alpha value is -4.61. The van der Waals surface area contributed by atoms with Crippen LogP contribution in [0.5, 0.6) is 5.75 Å². The molecule has 0 aliphatic carbocycles. The quantitative estimate of drug-likeness (QED) is 0.304. The first-order chi connectivity index (χ1) is 14.8. The lowest BCUT2D eigenvalue weighted by molar-refractivity contribution is -0.384. The normalized spacial score (nSPS) is 16.2. The van der Waals surface area contributed by atoms with Crippen LogP contribution in [0, 0.1) is 16.0 Å². The summed E-state index contributed by atoms with van der Waals surface area (Å²) in [6.07, 6.45) is 0.893. The third-order valence-corrected chi connectivity index (χ3v) is 4.26. The largest absolute Gasteiger partial charge is 0.497 e. The number of hydrogen-bond acceptors (Lipinski definition) is 8. The highest BCUT2D eigenvalue weighted by atomic mass is 16.6. The SMILES string of the molecule is COc1ccc(N2C(=O)NC(=O)[C@@H](/C=N\NC(=O)c3ccc([N+](=O)[O-])cc3)C2=O)cc1. The van der Waals surface area contributed by atoms with Gasteiger partial charge < -0.3 is 4.74 Å². The van der Waals surface area contributed by atoms with E-state index in [2.05, 4.69) is 15.8 Å². The molecular weight excluding hydrogens is 410 g/mol. The van der Waals surface area contributed by atoms with Crippen LogP contribution in [0.4, 0.5) is 16.2 Å². The van der Waals surface area contributed by atoms with Crippen LogP contribution < -0.4 is 20.4 Å². The number of urea groups is 1. The summed E-state index contributed by atoms with van der Waals surface area (Å²) in [6.45, 7) is 0. The number of ether oxygens (including phenoxy) is 1. The molecule has 2 aromatic rings. The number of hydrogen-bond donors (Lipinski definition) is 2. The van der Waals surface area contributed by atoms with Gasteiger partial charge in [-0.2, -0.15) is 5.10 Å². The summed E-state index contributed by atoms with van der Waals surface area (Å²) in [5.41, 5.74) is 2.23. The molecule has 0 spiro atoms. The average Bonchev–Trinajstić information content (AvgIpc) is 2.76. The second-order valence-electron chi connectivity index (χ2n) is 6.17. The maximum absolute atomic E-state index is 12.7.